The van der Waals surface area contributed by atoms with E-state index >= 15 is 0 Å². The molecule has 18 heavy (non-hydrogen) atoms. The maximum Gasteiger partial charge on any atom is 0.327 e. The molecule has 0 aromatic rings. The average Bonchev–Trinajstić information content (AvgIpc) is 2.31. The van der Waals surface area contributed by atoms with Crippen LogP contribution in [0.4, 0.5) is 0 Å². The number of hydrogen-bond acceptors (Lipinski definition) is 5. The summed E-state index contributed by atoms with van der Waals surface area (Å²) >= 11 is 7.87. The van der Waals surface area contributed by atoms with E-state index in [1.807, 2.05) is 0 Å². The number of carboxylic acid groups (broad SMARTS) is 1. The Balaban J connectivity index is 4.80. The Hall–Kier alpha value is -0.890. The third-order valence-electron chi connectivity index (χ3n) is 2.39. The summed E-state index contributed by atoms with van der Waals surface area (Å²) in [6.07, 6.45) is 0. The number of aliphatic carboxylic acids is 1. The smallest absolute Gasteiger partial charge is 0.327 e. The molecule has 0 aliphatic carbocycles. The lowest BCUT2D eigenvalue weighted by molar-refractivity contribution is -0.143. The summed E-state index contributed by atoms with van der Waals surface area (Å²) in [4.78, 5) is 35.4. The van der Waals surface area contributed by atoms with Crippen LogP contribution in [0.15, 0.2) is 0 Å². The van der Waals surface area contributed by atoms with Gasteiger partial charge in [-0.2, -0.15) is 25.3 Å². The molecule has 0 rings (SSSR count). The molecule has 8 heteroatoms. The third-order valence-corrected chi connectivity index (χ3v) is 3.11. The zero-order valence-corrected chi connectivity index (χ0v) is 12.1. The maximum absolute atomic E-state index is 11.9. The van der Waals surface area contributed by atoms with Crippen LogP contribution in [0, 0.1) is 0 Å². The average molecular weight is 294 g/mol. The van der Waals surface area contributed by atoms with E-state index in [4.69, 9.17) is 5.11 Å². The quantitative estimate of drug-likeness (QED) is 0.484. The maximum atomic E-state index is 11.9. The standard InChI is InChI=1S/C10H18N2O4S2/c1-3-12(6(2)13)8(5-18)9(14)11-7(4-17)10(15)16/h7-8,17-18H,3-5H2,1-2H3,(H,11,14)(H,15,16)/t7-,8-/m0/s1. The van der Waals surface area contributed by atoms with Gasteiger partial charge >= 0.3 is 5.97 Å². The van der Waals surface area contributed by atoms with Crippen molar-refractivity contribution in [1.29, 1.82) is 0 Å². The predicted molar refractivity (Wildman–Crippen MR) is 74.1 cm³/mol. The molecule has 0 aromatic carbocycles. The predicted octanol–water partition coefficient (Wildman–Crippen LogP) is -0.348. The number of hydrogen-bond donors (Lipinski definition) is 4. The Labute approximate surface area is 117 Å². The fraction of sp³-hybridized carbons (Fsp3) is 0.700. The summed E-state index contributed by atoms with van der Waals surface area (Å²) in [7, 11) is 0. The largest absolute Gasteiger partial charge is 0.480 e. The molecular formula is C10H18N2O4S2. The van der Waals surface area contributed by atoms with Crippen molar-refractivity contribution in [3.8, 4) is 0 Å². The molecule has 0 aliphatic heterocycles. The second-order valence-corrected chi connectivity index (χ2v) is 4.32. The summed E-state index contributed by atoms with van der Waals surface area (Å²) < 4.78 is 0. The molecule has 0 saturated carbocycles. The molecule has 0 aromatic heterocycles. The monoisotopic (exact) mass is 294 g/mol. The van der Waals surface area contributed by atoms with Crippen molar-refractivity contribution in [3.05, 3.63) is 0 Å². The highest BCUT2D eigenvalue weighted by Gasteiger charge is 2.28. The van der Waals surface area contributed by atoms with E-state index in [1.54, 1.807) is 6.92 Å². The molecule has 0 heterocycles. The molecule has 0 unspecified atom stereocenters. The SMILES string of the molecule is CCN(C(C)=O)[C@@H](CS)C(=O)N[C@@H](CS)C(=O)O. The van der Waals surface area contributed by atoms with E-state index in [1.165, 1.54) is 11.8 Å². The lowest BCUT2D eigenvalue weighted by atomic mass is 10.2. The van der Waals surface area contributed by atoms with Crippen molar-refractivity contribution < 1.29 is 19.5 Å². The molecule has 104 valence electrons. The Bertz CT molecular complexity index is 325. The second-order valence-electron chi connectivity index (χ2n) is 3.59. The van der Waals surface area contributed by atoms with Crippen LogP contribution in [0.5, 0.6) is 0 Å². The molecule has 0 radical (unpaired) electrons. The highest BCUT2D eigenvalue weighted by molar-refractivity contribution is 7.80. The zero-order chi connectivity index (χ0) is 14.3. The van der Waals surface area contributed by atoms with E-state index in [0.29, 0.717) is 6.54 Å². The van der Waals surface area contributed by atoms with Crippen LogP contribution in [0.3, 0.4) is 0 Å². The third kappa shape index (κ3) is 4.77. The molecule has 6 nitrogen and oxygen atoms in total. The number of carbonyl (C=O) groups excluding carboxylic acids is 2. The Kier molecular flexibility index (Phi) is 7.85. The van der Waals surface area contributed by atoms with Gasteiger partial charge in [-0.3, -0.25) is 9.59 Å². The van der Waals surface area contributed by atoms with E-state index in [9.17, 15) is 14.4 Å². The molecule has 0 spiro atoms. The zero-order valence-electron chi connectivity index (χ0n) is 10.3. The first-order valence-electron chi connectivity index (χ1n) is 5.41. The molecule has 2 N–H and O–H groups in total. The lowest BCUT2D eigenvalue weighted by Gasteiger charge is -2.28. The first-order valence-corrected chi connectivity index (χ1v) is 6.67. The van der Waals surface area contributed by atoms with Crippen LogP contribution in [0.2, 0.25) is 0 Å². The highest BCUT2D eigenvalue weighted by Crippen LogP contribution is 2.04. The van der Waals surface area contributed by atoms with Crippen molar-refractivity contribution >= 4 is 43.0 Å². The molecule has 0 saturated heterocycles. The normalized spacial score (nSPS) is 13.6. The van der Waals surface area contributed by atoms with Crippen molar-refractivity contribution in [3.63, 3.8) is 0 Å². The first-order chi connectivity index (χ1) is 8.38. The number of carboxylic acids is 1. The first kappa shape index (κ1) is 17.1. The van der Waals surface area contributed by atoms with Crippen LogP contribution >= 0.6 is 25.3 Å². The lowest BCUT2D eigenvalue weighted by Crippen LogP contribution is -2.54. The van der Waals surface area contributed by atoms with E-state index in [0.717, 1.165) is 0 Å². The van der Waals surface area contributed by atoms with Crippen LogP contribution < -0.4 is 5.32 Å². The summed E-state index contributed by atoms with van der Waals surface area (Å²) in [6.45, 7) is 3.44. The minimum atomic E-state index is -1.16. The summed E-state index contributed by atoms with van der Waals surface area (Å²) in [5.74, 6) is -1.86. The van der Waals surface area contributed by atoms with Crippen molar-refractivity contribution in [2.75, 3.05) is 18.1 Å². The van der Waals surface area contributed by atoms with Gasteiger partial charge < -0.3 is 15.3 Å². The van der Waals surface area contributed by atoms with Crippen molar-refractivity contribution in [2.24, 2.45) is 0 Å². The van der Waals surface area contributed by atoms with Crippen LogP contribution in [-0.4, -0.2) is 57.9 Å². The number of carbonyl (C=O) groups is 3. The Morgan fingerprint density at radius 2 is 1.83 bits per heavy atom. The van der Waals surface area contributed by atoms with Crippen LogP contribution in [-0.2, 0) is 14.4 Å². The van der Waals surface area contributed by atoms with Gasteiger partial charge in [-0.25, -0.2) is 4.79 Å². The number of nitrogens with one attached hydrogen (secondary N) is 1. The minimum absolute atomic E-state index is 0.0213. The van der Waals surface area contributed by atoms with Crippen LogP contribution in [0.1, 0.15) is 13.8 Å². The van der Waals surface area contributed by atoms with Crippen molar-refractivity contribution in [2.45, 2.75) is 25.9 Å². The van der Waals surface area contributed by atoms with Gasteiger partial charge in [0.25, 0.3) is 0 Å². The molecule has 2 amide bonds. The van der Waals surface area contributed by atoms with E-state index in [-0.39, 0.29) is 17.4 Å². The van der Waals surface area contributed by atoms with Gasteiger partial charge in [0.1, 0.15) is 12.1 Å². The number of nitrogens with zero attached hydrogens (tertiary/aromatic N) is 1. The van der Waals surface area contributed by atoms with Crippen LogP contribution in [0.25, 0.3) is 0 Å². The van der Waals surface area contributed by atoms with Gasteiger partial charge in [-0.15, -0.1) is 0 Å². The summed E-state index contributed by atoms with van der Waals surface area (Å²) in [6, 6.07) is -1.86. The van der Waals surface area contributed by atoms with Gasteiger partial charge in [0, 0.05) is 25.0 Å². The molecule has 0 aliphatic rings. The van der Waals surface area contributed by atoms with Gasteiger partial charge in [-0.1, -0.05) is 0 Å². The molecule has 0 fully saturated rings. The van der Waals surface area contributed by atoms with Gasteiger partial charge in [0.05, 0.1) is 0 Å². The summed E-state index contributed by atoms with van der Waals surface area (Å²) in [5, 5.41) is 11.1. The minimum Gasteiger partial charge on any atom is -0.480 e. The topological polar surface area (TPSA) is 86.7 Å². The van der Waals surface area contributed by atoms with Gasteiger partial charge in [0.2, 0.25) is 11.8 Å². The van der Waals surface area contributed by atoms with E-state index in [2.05, 4.69) is 30.6 Å². The van der Waals surface area contributed by atoms with Crippen molar-refractivity contribution in [1.82, 2.24) is 10.2 Å². The Morgan fingerprint density at radius 3 is 2.11 bits per heavy atom. The number of thiol groups is 2. The number of rotatable bonds is 7. The van der Waals surface area contributed by atoms with Gasteiger partial charge in [0.15, 0.2) is 0 Å². The van der Waals surface area contributed by atoms with Gasteiger partial charge in [-0.05, 0) is 6.92 Å². The number of amides is 2. The number of likely N-dealkylation sites (N-methyl/N-ethyl adjacent to an activating group) is 1. The molecule has 0 bridgehead atoms. The second kappa shape index (κ2) is 8.25. The van der Waals surface area contributed by atoms with E-state index < -0.39 is 24.0 Å². The summed E-state index contributed by atoms with van der Waals surface area (Å²) in [5.41, 5.74) is 0. The molecular weight excluding hydrogens is 276 g/mol. The highest BCUT2D eigenvalue weighted by atomic mass is 32.1. The Morgan fingerprint density at radius 1 is 1.28 bits per heavy atom. The fourth-order valence-corrected chi connectivity index (χ4v) is 2.05. The molecule has 2 atom stereocenters. The fourth-order valence-electron chi connectivity index (χ4n) is 1.44.